The number of aryl methyl sites for hydroxylation is 1. The number of nitrogens with zero attached hydrogens (tertiary/aromatic N) is 2. The van der Waals surface area contributed by atoms with Crippen LogP contribution in [0.25, 0.3) is 10.9 Å². The molecule has 6 nitrogen and oxygen atoms in total. The second-order valence-electron chi connectivity index (χ2n) is 9.94. The molecule has 1 atom stereocenters. The maximum absolute atomic E-state index is 12.4. The van der Waals surface area contributed by atoms with Gasteiger partial charge in [-0.25, -0.2) is 0 Å². The van der Waals surface area contributed by atoms with Gasteiger partial charge in [0.15, 0.2) is 0 Å². The Kier molecular flexibility index (Phi) is 5.83. The summed E-state index contributed by atoms with van der Waals surface area (Å²) in [4.78, 5) is 23.9. The van der Waals surface area contributed by atoms with Crippen LogP contribution in [0.5, 0.6) is 0 Å². The van der Waals surface area contributed by atoms with Gasteiger partial charge in [0, 0.05) is 18.9 Å². The van der Waals surface area contributed by atoms with Crippen LogP contribution in [0.15, 0.2) is 18.2 Å². The summed E-state index contributed by atoms with van der Waals surface area (Å²) in [5.74, 6) is 1.73. The van der Waals surface area contributed by atoms with Crippen LogP contribution in [0, 0.1) is 11.8 Å². The van der Waals surface area contributed by atoms with Crippen LogP contribution < -0.4 is 10.6 Å². The number of imide groups is 1. The summed E-state index contributed by atoms with van der Waals surface area (Å²) in [6.45, 7) is 2.40. The molecule has 1 unspecified atom stereocenters. The van der Waals surface area contributed by atoms with Gasteiger partial charge in [-0.15, -0.1) is 0 Å². The molecule has 1 saturated carbocycles. The summed E-state index contributed by atoms with van der Waals surface area (Å²) >= 11 is 0. The normalized spacial score (nSPS) is 28.1. The highest BCUT2D eigenvalue weighted by molar-refractivity contribution is 6.02. The Hall–Kier alpha value is -2.21. The van der Waals surface area contributed by atoms with E-state index >= 15 is 0 Å². The average molecular weight is 423 g/mol. The fourth-order valence-corrected chi connectivity index (χ4v) is 6.09. The Labute approximate surface area is 184 Å². The quantitative estimate of drug-likeness (QED) is 0.736. The number of aromatic nitrogens is 2. The Bertz CT molecular complexity index is 967. The molecule has 2 aromatic rings. The third-order valence-electron chi connectivity index (χ3n) is 7.92. The number of hydrogen-bond donors (Lipinski definition) is 2. The number of rotatable bonds is 4. The number of piperidine rings is 2. The number of carbonyl (C=O) groups excluding carboxylic acids is 2. The minimum Gasteiger partial charge on any atom is -0.317 e. The maximum atomic E-state index is 12.4. The van der Waals surface area contributed by atoms with E-state index in [1.807, 2.05) is 11.7 Å². The standard InChI is InChI=1S/C25H34N4O2/c1-29-22-15-19(18-4-2-16(3-5-18)14-17-10-12-26-13-11-17)6-7-20(22)24(28-29)21-8-9-23(30)27-25(21)31/h6-7,15-18,21,26H,2-5,8-14H2,1H3,(H,27,30,31). The molecule has 0 bridgehead atoms. The van der Waals surface area contributed by atoms with Gasteiger partial charge in [-0.05, 0) is 93.8 Å². The first-order chi connectivity index (χ1) is 15.1. The number of fused-ring (bicyclic) bond motifs is 1. The smallest absolute Gasteiger partial charge is 0.235 e. The van der Waals surface area contributed by atoms with Gasteiger partial charge < -0.3 is 5.32 Å². The Morgan fingerprint density at radius 1 is 1.00 bits per heavy atom. The minimum absolute atomic E-state index is 0.181. The lowest BCUT2D eigenvalue weighted by molar-refractivity contribution is -0.134. The summed E-state index contributed by atoms with van der Waals surface area (Å²) in [5.41, 5.74) is 3.30. The van der Waals surface area contributed by atoms with Crippen molar-refractivity contribution in [3.05, 3.63) is 29.5 Å². The highest BCUT2D eigenvalue weighted by Gasteiger charge is 2.32. The molecule has 3 heterocycles. The molecular weight excluding hydrogens is 388 g/mol. The van der Waals surface area contributed by atoms with Crippen LogP contribution in [-0.2, 0) is 16.6 Å². The van der Waals surface area contributed by atoms with E-state index in [1.54, 1.807) is 0 Å². The van der Waals surface area contributed by atoms with E-state index in [-0.39, 0.29) is 17.7 Å². The van der Waals surface area contributed by atoms with Crippen LogP contribution in [-0.4, -0.2) is 34.7 Å². The number of benzene rings is 1. The first-order valence-electron chi connectivity index (χ1n) is 12.1. The zero-order chi connectivity index (χ0) is 21.4. The van der Waals surface area contributed by atoms with Crippen molar-refractivity contribution in [2.75, 3.05) is 13.1 Å². The number of nitrogens with one attached hydrogen (secondary N) is 2. The summed E-state index contributed by atoms with van der Waals surface area (Å²) in [5, 5.41) is 11.7. The van der Waals surface area contributed by atoms with E-state index in [1.165, 1.54) is 63.6 Å². The van der Waals surface area contributed by atoms with Gasteiger partial charge in [0.05, 0.1) is 17.1 Å². The topological polar surface area (TPSA) is 76.0 Å². The van der Waals surface area contributed by atoms with E-state index in [9.17, 15) is 9.59 Å². The maximum Gasteiger partial charge on any atom is 0.235 e. The lowest BCUT2D eigenvalue weighted by Crippen LogP contribution is -2.39. The van der Waals surface area contributed by atoms with E-state index in [0.29, 0.717) is 18.8 Å². The van der Waals surface area contributed by atoms with Crippen LogP contribution in [0.1, 0.15) is 80.9 Å². The molecule has 3 aliphatic rings. The predicted octanol–water partition coefficient (Wildman–Crippen LogP) is 3.76. The van der Waals surface area contributed by atoms with Gasteiger partial charge >= 0.3 is 0 Å². The van der Waals surface area contributed by atoms with Crippen LogP contribution in [0.4, 0.5) is 0 Å². The highest BCUT2D eigenvalue weighted by atomic mass is 16.2. The second kappa shape index (κ2) is 8.73. The van der Waals surface area contributed by atoms with Gasteiger partial charge in [-0.2, -0.15) is 5.10 Å². The van der Waals surface area contributed by atoms with Crippen molar-refractivity contribution in [1.82, 2.24) is 20.4 Å². The Morgan fingerprint density at radius 3 is 2.48 bits per heavy atom. The largest absolute Gasteiger partial charge is 0.317 e. The zero-order valence-electron chi connectivity index (χ0n) is 18.5. The summed E-state index contributed by atoms with van der Waals surface area (Å²) in [6.07, 6.45) is 10.3. The predicted molar refractivity (Wildman–Crippen MR) is 121 cm³/mol. The Morgan fingerprint density at radius 2 is 1.74 bits per heavy atom. The fourth-order valence-electron chi connectivity index (χ4n) is 6.09. The first-order valence-corrected chi connectivity index (χ1v) is 12.1. The van der Waals surface area contributed by atoms with E-state index in [0.717, 1.165) is 28.4 Å². The van der Waals surface area contributed by atoms with Gasteiger partial charge in [-0.3, -0.25) is 19.6 Å². The lowest BCUT2D eigenvalue weighted by atomic mass is 9.74. The van der Waals surface area contributed by atoms with Gasteiger partial charge in [0.2, 0.25) is 11.8 Å². The summed E-state index contributed by atoms with van der Waals surface area (Å²) in [6, 6.07) is 6.69. The van der Waals surface area contributed by atoms with E-state index in [4.69, 9.17) is 5.10 Å². The van der Waals surface area contributed by atoms with Crippen molar-refractivity contribution in [1.29, 1.82) is 0 Å². The molecule has 3 fully saturated rings. The number of hydrogen-bond acceptors (Lipinski definition) is 4. The first kappa shape index (κ1) is 20.7. The number of carbonyl (C=O) groups is 2. The summed E-state index contributed by atoms with van der Waals surface area (Å²) < 4.78 is 1.90. The molecule has 5 rings (SSSR count). The van der Waals surface area contributed by atoms with Crippen molar-refractivity contribution in [3.63, 3.8) is 0 Å². The molecule has 0 radical (unpaired) electrons. The molecule has 1 aromatic carbocycles. The third kappa shape index (κ3) is 4.27. The molecule has 1 aromatic heterocycles. The number of amides is 2. The van der Waals surface area contributed by atoms with Crippen LogP contribution >= 0.6 is 0 Å². The van der Waals surface area contributed by atoms with Gasteiger partial charge in [0.25, 0.3) is 0 Å². The van der Waals surface area contributed by atoms with Gasteiger partial charge in [0.1, 0.15) is 0 Å². The second-order valence-corrected chi connectivity index (χ2v) is 9.94. The molecule has 6 heteroatoms. The molecule has 31 heavy (non-hydrogen) atoms. The molecule has 1 aliphatic carbocycles. The fraction of sp³-hybridized carbons (Fsp3) is 0.640. The third-order valence-corrected chi connectivity index (χ3v) is 7.92. The molecule has 166 valence electrons. The van der Waals surface area contributed by atoms with Crippen molar-refractivity contribution in [2.45, 2.75) is 69.6 Å². The van der Waals surface area contributed by atoms with E-state index in [2.05, 4.69) is 28.8 Å². The summed E-state index contributed by atoms with van der Waals surface area (Å²) in [7, 11) is 1.96. The molecule has 2 amide bonds. The van der Waals surface area contributed by atoms with E-state index < -0.39 is 0 Å². The van der Waals surface area contributed by atoms with Gasteiger partial charge in [-0.1, -0.05) is 12.1 Å². The van der Waals surface area contributed by atoms with Crippen LogP contribution in [0.2, 0.25) is 0 Å². The highest BCUT2D eigenvalue weighted by Crippen LogP contribution is 2.40. The average Bonchev–Trinajstić information content (AvgIpc) is 3.11. The molecule has 2 aliphatic heterocycles. The van der Waals surface area contributed by atoms with Crippen LogP contribution in [0.3, 0.4) is 0 Å². The minimum atomic E-state index is -0.335. The van der Waals surface area contributed by atoms with Crippen molar-refractivity contribution < 1.29 is 9.59 Å². The van der Waals surface area contributed by atoms with Crippen molar-refractivity contribution in [2.24, 2.45) is 18.9 Å². The lowest BCUT2D eigenvalue weighted by Gasteiger charge is -2.32. The van der Waals surface area contributed by atoms with Crippen molar-refractivity contribution in [3.8, 4) is 0 Å². The monoisotopic (exact) mass is 422 g/mol. The molecule has 2 N–H and O–H groups in total. The molecule has 2 saturated heterocycles. The molecular formula is C25H34N4O2. The van der Waals surface area contributed by atoms with Crippen molar-refractivity contribution >= 4 is 22.7 Å². The SMILES string of the molecule is Cn1nc(C2CCC(=O)NC2=O)c2ccc(C3CCC(CC4CCNCC4)CC3)cc21. The molecule has 0 spiro atoms. The zero-order valence-corrected chi connectivity index (χ0v) is 18.5. The Balaban J connectivity index is 1.28.